The minimum absolute atomic E-state index is 0.0889. The van der Waals surface area contributed by atoms with Crippen molar-refractivity contribution in [2.45, 2.75) is 13.8 Å². The van der Waals surface area contributed by atoms with Crippen molar-refractivity contribution in [3.8, 4) is 23.0 Å². The molecule has 2 aromatic carbocycles. The van der Waals surface area contributed by atoms with Crippen LogP contribution < -0.4 is 4.74 Å². The fourth-order valence-corrected chi connectivity index (χ4v) is 2.69. The van der Waals surface area contributed by atoms with Crippen molar-refractivity contribution in [3.63, 3.8) is 0 Å². The molecule has 0 aliphatic heterocycles. The second-order valence-electron chi connectivity index (χ2n) is 5.53. The highest BCUT2D eigenvalue weighted by Gasteiger charge is 2.22. The van der Waals surface area contributed by atoms with Gasteiger partial charge in [-0.15, -0.1) is 10.2 Å². The van der Waals surface area contributed by atoms with Crippen LogP contribution in [0.3, 0.4) is 0 Å². The largest absolute Gasteiger partial charge is 0.461 e. The summed E-state index contributed by atoms with van der Waals surface area (Å²) in [5.41, 5.74) is 1.65. The first-order chi connectivity index (χ1) is 13.0. The Morgan fingerprint density at radius 3 is 2.33 bits per heavy atom. The Morgan fingerprint density at radius 1 is 1.04 bits per heavy atom. The van der Waals surface area contributed by atoms with E-state index in [4.69, 9.17) is 32.7 Å². The molecule has 0 radical (unpaired) electrons. The summed E-state index contributed by atoms with van der Waals surface area (Å²) in [6.07, 6.45) is 0. The zero-order chi connectivity index (χ0) is 19.4. The Labute approximate surface area is 166 Å². The normalized spacial score (nSPS) is 10.5. The van der Waals surface area contributed by atoms with Gasteiger partial charge in [0, 0.05) is 5.56 Å². The summed E-state index contributed by atoms with van der Waals surface area (Å²) in [7, 11) is 0. The summed E-state index contributed by atoms with van der Waals surface area (Å²) in [6.45, 7) is 3.83. The van der Waals surface area contributed by atoms with Gasteiger partial charge in [0.2, 0.25) is 5.69 Å². The number of rotatable bonds is 5. The van der Waals surface area contributed by atoms with E-state index in [0.29, 0.717) is 5.82 Å². The SMILES string of the molecule is CCOC(=O)c1nnc(-c2ccc(C)cc2)nc1Oc1c(Cl)cccc1Cl. The van der Waals surface area contributed by atoms with Gasteiger partial charge in [0.15, 0.2) is 11.6 Å². The van der Waals surface area contributed by atoms with Crippen molar-refractivity contribution < 1.29 is 14.3 Å². The van der Waals surface area contributed by atoms with Crippen molar-refractivity contribution in [3.05, 3.63) is 63.8 Å². The Morgan fingerprint density at radius 2 is 1.70 bits per heavy atom. The number of halogens is 2. The molecule has 8 heteroatoms. The van der Waals surface area contributed by atoms with Gasteiger partial charge >= 0.3 is 5.97 Å². The first-order valence-corrected chi connectivity index (χ1v) is 8.86. The number of aryl methyl sites for hydroxylation is 1. The highest BCUT2D eigenvalue weighted by Crippen LogP contribution is 2.36. The van der Waals surface area contributed by atoms with Gasteiger partial charge in [0.1, 0.15) is 0 Å². The third-order valence-corrected chi connectivity index (χ3v) is 4.15. The van der Waals surface area contributed by atoms with Crippen LogP contribution in [0.2, 0.25) is 10.0 Å². The van der Waals surface area contributed by atoms with E-state index in [1.54, 1.807) is 25.1 Å². The smallest absolute Gasteiger partial charge is 0.364 e. The van der Waals surface area contributed by atoms with E-state index in [1.807, 2.05) is 31.2 Å². The van der Waals surface area contributed by atoms with Crippen molar-refractivity contribution >= 4 is 29.2 Å². The first-order valence-electron chi connectivity index (χ1n) is 8.10. The molecule has 0 amide bonds. The van der Waals surface area contributed by atoms with E-state index in [-0.39, 0.29) is 34.0 Å². The Hall–Kier alpha value is -2.70. The number of benzene rings is 2. The van der Waals surface area contributed by atoms with Crippen LogP contribution in [-0.4, -0.2) is 27.8 Å². The van der Waals surface area contributed by atoms with Crippen molar-refractivity contribution in [1.29, 1.82) is 0 Å². The molecule has 0 bridgehead atoms. The summed E-state index contributed by atoms with van der Waals surface area (Å²) in [4.78, 5) is 16.5. The van der Waals surface area contributed by atoms with Crippen LogP contribution in [0, 0.1) is 6.92 Å². The maximum atomic E-state index is 12.2. The number of aromatic nitrogens is 3. The van der Waals surface area contributed by atoms with Gasteiger partial charge in [-0.05, 0) is 26.0 Å². The Kier molecular flexibility index (Phi) is 5.88. The summed E-state index contributed by atoms with van der Waals surface area (Å²) >= 11 is 12.3. The molecule has 0 saturated carbocycles. The molecular formula is C19H15Cl2N3O3. The lowest BCUT2D eigenvalue weighted by atomic mass is 10.1. The van der Waals surface area contributed by atoms with Gasteiger partial charge in [-0.1, -0.05) is 59.1 Å². The zero-order valence-electron chi connectivity index (χ0n) is 14.6. The molecule has 1 heterocycles. The van der Waals surface area contributed by atoms with Crippen LogP contribution in [0.5, 0.6) is 11.6 Å². The molecule has 3 rings (SSSR count). The standard InChI is InChI=1S/C19H15Cl2N3O3/c1-3-26-19(25)15-18(27-16-13(20)5-4-6-14(16)21)22-17(24-23-15)12-9-7-11(2)8-10-12/h4-10H,3H2,1-2H3. The van der Waals surface area contributed by atoms with Gasteiger partial charge < -0.3 is 9.47 Å². The summed E-state index contributed by atoms with van der Waals surface area (Å²) in [5.74, 6) is -0.330. The zero-order valence-corrected chi connectivity index (χ0v) is 16.1. The van der Waals surface area contributed by atoms with Crippen molar-refractivity contribution in [1.82, 2.24) is 15.2 Å². The van der Waals surface area contributed by atoms with E-state index in [9.17, 15) is 4.79 Å². The molecule has 0 atom stereocenters. The second kappa shape index (κ2) is 8.33. The first kappa shape index (κ1) is 19.1. The Balaban J connectivity index is 2.08. The fraction of sp³-hybridized carbons (Fsp3) is 0.158. The third-order valence-electron chi connectivity index (χ3n) is 3.55. The van der Waals surface area contributed by atoms with E-state index in [1.165, 1.54) is 0 Å². The molecule has 0 aliphatic rings. The number of nitrogens with zero attached hydrogens (tertiary/aromatic N) is 3. The van der Waals surface area contributed by atoms with E-state index < -0.39 is 5.97 Å². The average Bonchev–Trinajstić information content (AvgIpc) is 2.65. The third kappa shape index (κ3) is 4.35. The molecule has 1 aromatic heterocycles. The van der Waals surface area contributed by atoms with E-state index in [2.05, 4.69) is 15.2 Å². The Bertz CT molecular complexity index is 958. The summed E-state index contributed by atoms with van der Waals surface area (Å²) in [5, 5.41) is 8.52. The van der Waals surface area contributed by atoms with Gasteiger partial charge in [0.25, 0.3) is 5.88 Å². The van der Waals surface area contributed by atoms with Crippen LogP contribution in [0.4, 0.5) is 0 Å². The molecule has 138 valence electrons. The molecule has 0 fully saturated rings. The molecule has 0 spiro atoms. The summed E-state index contributed by atoms with van der Waals surface area (Å²) < 4.78 is 10.7. The maximum Gasteiger partial charge on any atom is 0.364 e. The molecule has 6 nitrogen and oxygen atoms in total. The number of para-hydroxylation sites is 1. The predicted molar refractivity (Wildman–Crippen MR) is 102 cm³/mol. The van der Waals surface area contributed by atoms with Crippen molar-refractivity contribution in [2.24, 2.45) is 0 Å². The second-order valence-corrected chi connectivity index (χ2v) is 6.34. The lowest BCUT2D eigenvalue weighted by Gasteiger charge is -2.12. The molecule has 3 aromatic rings. The predicted octanol–water partition coefficient (Wildman–Crippen LogP) is 5.12. The highest BCUT2D eigenvalue weighted by molar-refractivity contribution is 6.37. The quantitative estimate of drug-likeness (QED) is 0.550. The van der Waals surface area contributed by atoms with Gasteiger partial charge in [-0.2, -0.15) is 4.98 Å². The monoisotopic (exact) mass is 403 g/mol. The van der Waals surface area contributed by atoms with Gasteiger partial charge in [0.05, 0.1) is 16.7 Å². The molecule has 0 N–H and O–H groups in total. The lowest BCUT2D eigenvalue weighted by molar-refractivity contribution is 0.0514. The number of esters is 1. The maximum absolute atomic E-state index is 12.2. The molecule has 0 aliphatic carbocycles. The van der Waals surface area contributed by atoms with E-state index in [0.717, 1.165) is 11.1 Å². The number of ether oxygens (including phenoxy) is 2. The number of carbonyl (C=O) groups excluding carboxylic acids is 1. The highest BCUT2D eigenvalue weighted by atomic mass is 35.5. The number of carbonyl (C=O) groups is 1. The fourth-order valence-electron chi connectivity index (χ4n) is 2.21. The topological polar surface area (TPSA) is 74.2 Å². The number of hydrogen-bond acceptors (Lipinski definition) is 6. The molecule has 27 heavy (non-hydrogen) atoms. The molecule has 0 saturated heterocycles. The summed E-state index contributed by atoms with van der Waals surface area (Å²) in [6, 6.07) is 12.4. The van der Waals surface area contributed by atoms with Crippen LogP contribution in [0.1, 0.15) is 23.0 Å². The molecular weight excluding hydrogens is 389 g/mol. The van der Waals surface area contributed by atoms with E-state index >= 15 is 0 Å². The van der Waals surface area contributed by atoms with Gasteiger partial charge in [-0.3, -0.25) is 0 Å². The minimum Gasteiger partial charge on any atom is -0.461 e. The minimum atomic E-state index is -0.703. The number of hydrogen-bond donors (Lipinski definition) is 0. The van der Waals surface area contributed by atoms with Gasteiger partial charge in [-0.25, -0.2) is 4.79 Å². The molecule has 0 unspecified atom stereocenters. The van der Waals surface area contributed by atoms with Crippen molar-refractivity contribution in [2.75, 3.05) is 6.61 Å². The van der Waals surface area contributed by atoms with Crippen LogP contribution in [0.25, 0.3) is 11.4 Å². The lowest BCUT2D eigenvalue weighted by Crippen LogP contribution is -2.12. The van der Waals surface area contributed by atoms with Crippen LogP contribution >= 0.6 is 23.2 Å². The van der Waals surface area contributed by atoms with Crippen LogP contribution in [-0.2, 0) is 4.74 Å². The van der Waals surface area contributed by atoms with Crippen LogP contribution in [0.15, 0.2) is 42.5 Å². The average molecular weight is 404 g/mol.